The van der Waals surface area contributed by atoms with E-state index >= 15 is 0 Å². The van der Waals surface area contributed by atoms with Gasteiger partial charge in [0.15, 0.2) is 10.0 Å². The average molecular weight is 154 g/mol. The van der Waals surface area contributed by atoms with Crippen LogP contribution in [0.4, 0.5) is 8.78 Å². The minimum absolute atomic E-state index is 0.681. The molecular formula is C6H12F2S. The summed E-state index contributed by atoms with van der Waals surface area (Å²) in [6.07, 6.45) is 0. The monoisotopic (exact) mass is 154 g/mol. The van der Waals surface area contributed by atoms with Crippen molar-refractivity contribution in [1.82, 2.24) is 0 Å². The van der Waals surface area contributed by atoms with E-state index in [1.807, 2.05) is 0 Å². The van der Waals surface area contributed by atoms with Gasteiger partial charge >= 0.3 is 0 Å². The zero-order chi connectivity index (χ0) is 7.71. The van der Waals surface area contributed by atoms with Gasteiger partial charge in [0.05, 0.1) is 0 Å². The molecule has 0 saturated carbocycles. The van der Waals surface area contributed by atoms with E-state index in [0.717, 1.165) is 0 Å². The molecule has 0 unspecified atom stereocenters. The summed E-state index contributed by atoms with van der Waals surface area (Å²) >= 11 is 0.681. The minimum Gasteiger partial charge on any atom is -0.233 e. The van der Waals surface area contributed by atoms with Crippen LogP contribution in [-0.4, -0.2) is 10.0 Å². The maximum absolute atomic E-state index is 12.6. The van der Waals surface area contributed by atoms with Gasteiger partial charge in [0.1, 0.15) is 0 Å². The number of hydrogen-bond acceptors (Lipinski definition) is 1. The van der Waals surface area contributed by atoms with Gasteiger partial charge in [0.2, 0.25) is 0 Å². The fraction of sp³-hybridized carbons (Fsp3) is 1.00. The van der Waals surface area contributed by atoms with Gasteiger partial charge in [-0.15, -0.1) is 0 Å². The molecule has 0 aliphatic carbocycles. The Labute approximate surface area is 59.0 Å². The van der Waals surface area contributed by atoms with Gasteiger partial charge in [0, 0.05) is 0 Å². The first-order valence-electron chi connectivity index (χ1n) is 2.79. The number of rotatable bonds is 2. The molecule has 0 heterocycles. The summed E-state index contributed by atoms with van der Waals surface area (Å²) in [5, 5.41) is -2.95. The van der Waals surface area contributed by atoms with Gasteiger partial charge in [-0.3, -0.25) is 0 Å². The Kier molecular flexibility index (Phi) is 2.50. The van der Waals surface area contributed by atoms with E-state index in [1.165, 1.54) is 27.7 Å². The number of halogens is 2. The normalized spacial score (nSPS) is 14.0. The summed E-state index contributed by atoms with van der Waals surface area (Å²) in [5.74, 6) is 0. The quantitative estimate of drug-likeness (QED) is 0.588. The third kappa shape index (κ3) is 8.21. The van der Waals surface area contributed by atoms with Crippen LogP contribution in [0.5, 0.6) is 0 Å². The fourth-order valence-corrected chi connectivity index (χ4v) is 1.73. The molecule has 0 saturated heterocycles. The van der Waals surface area contributed by atoms with Crippen LogP contribution in [0.1, 0.15) is 27.7 Å². The molecule has 0 aromatic heterocycles. The van der Waals surface area contributed by atoms with Crippen LogP contribution < -0.4 is 0 Å². The average Bonchev–Trinajstić information content (AvgIpc) is 1.14. The standard InChI is InChI=1S/C6H12F2S/c1-5(2,7)9-6(3,4)8/h1-4H3. The fourth-order valence-electron chi connectivity index (χ4n) is 0.577. The molecule has 3 heteroatoms. The van der Waals surface area contributed by atoms with Gasteiger partial charge in [-0.2, -0.15) is 0 Å². The van der Waals surface area contributed by atoms with E-state index in [0.29, 0.717) is 11.8 Å². The second-order valence-corrected chi connectivity index (χ2v) is 4.97. The van der Waals surface area contributed by atoms with E-state index in [-0.39, 0.29) is 0 Å². The zero-order valence-electron chi connectivity index (χ0n) is 6.16. The zero-order valence-corrected chi connectivity index (χ0v) is 6.98. The van der Waals surface area contributed by atoms with Gasteiger partial charge < -0.3 is 0 Å². The van der Waals surface area contributed by atoms with Crippen LogP contribution in [-0.2, 0) is 0 Å². The third-order valence-electron chi connectivity index (χ3n) is 0.485. The molecule has 0 rings (SSSR count). The molecule has 0 aromatic rings. The van der Waals surface area contributed by atoms with E-state index in [4.69, 9.17) is 0 Å². The van der Waals surface area contributed by atoms with Crippen molar-refractivity contribution in [2.24, 2.45) is 0 Å². The molecule has 0 nitrogen and oxygen atoms in total. The number of thioether (sulfide) groups is 1. The van der Waals surface area contributed by atoms with Crippen molar-refractivity contribution in [3.63, 3.8) is 0 Å². The summed E-state index contributed by atoms with van der Waals surface area (Å²) in [6, 6.07) is 0. The molecule has 0 aliphatic heterocycles. The molecule has 0 atom stereocenters. The van der Waals surface area contributed by atoms with Gasteiger partial charge in [-0.25, -0.2) is 8.78 Å². The predicted octanol–water partition coefficient (Wildman–Crippen LogP) is 3.13. The Morgan fingerprint density at radius 1 is 0.889 bits per heavy atom. The molecule has 0 N–H and O–H groups in total. The Morgan fingerprint density at radius 2 is 1.11 bits per heavy atom. The first kappa shape index (κ1) is 9.21. The lowest BCUT2D eigenvalue weighted by Gasteiger charge is -2.21. The van der Waals surface area contributed by atoms with E-state index in [2.05, 4.69) is 0 Å². The Morgan fingerprint density at radius 3 is 1.11 bits per heavy atom. The van der Waals surface area contributed by atoms with Gasteiger partial charge in [0.25, 0.3) is 0 Å². The lowest BCUT2D eigenvalue weighted by Crippen LogP contribution is -2.17. The Balaban J connectivity index is 3.75. The maximum Gasteiger partial charge on any atom is 0.153 e. The first-order valence-corrected chi connectivity index (χ1v) is 3.60. The van der Waals surface area contributed by atoms with E-state index in [9.17, 15) is 8.78 Å². The van der Waals surface area contributed by atoms with Crippen LogP contribution in [0.2, 0.25) is 0 Å². The maximum atomic E-state index is 12.6. The number of hydrogen-bond donors (Lipinski definition) is 0. The predicted molar refractivity (Wildman–Crippen MR) is 38.0 cm³/mol. The van der Waals surface area contributed by atoms with Crippen molar-refractivity contribution in [3.05, 3.63) is 0 Å². The summed E-state index contributed by atoms with van der Waals surface area (Å²) in [5.41, 5.74) is 0. The van der Waals surface area contributed by atoms with Crippen molar-refractivity contribution >= 4 is 11.8 Å². The van der Waals surface area contributed by atoms with Crippen LogP contribution in [0, 0.1) is 0 Å². The highest BCUT2D eigenvalue weighted by molar-refractivity contribution is 8.01. The molecule has 0 spiro atoms. The molecular weight excluding hydrogens is 142 g/mol. The molecule has 9 heavy (non-hydrogen) atoms. The molecule has 0 fully saturated rings. The van der Waals surface area contributed by atoms with Crippen molar-refractivity contribution in [2.75, 3.05) is 0 Å². The largest absolute Gasteiger partial charge is 0.233 e. The van der Waals surface area contributed by atoms with Crippen molar-refractivity contribution in [3.8, 4) is 0 Å². The number of alkyl halides is 2. The lowest BCUT2D eigenvalue weighted by atomic mass is 10.5. The second kappa shape index (κ2) is 2.45. The van der Waals surface area contributed by atoms with Crippen LogP contribution in [0.25, 0.3) is 0 Å². The van der Waals surface area contributed by atoms with E-state index in [1.54, 1.807) is 0 Å². The topological polar surface area (TPSA) is 0 Å². The Hall–Kier alpha value is 0.210. The highest BCUT2D eigenvalue weighted by Gasteiger charge is 2.28. The molecule has 0 radical (unpaired) electrons. The highest BCUT2D eigenvalue weighted by Crippen LogP contribution is 2.37. The minimum atomic E-state index is -1.47. The summed E-state index contributed by atoms with van der Waals surface area (Å²) in [4.78, 5) is 0. The molecule has 0 aliphatic rings. The van der Waals surface area contributed by atoms with Crippen molar-refractivity contribution < 1.29 is 8.78 Å². The van der Waals surface area contributed by atoms with Crippen molar-refractivity contribution in [2.45, 2.75) is 37.7 Å². The SMILES string of the molecule is CC(C)(F)SC(C)(C)F. The van der Waals surface area contributed by atoms with Crippen molar-refractivity contribution in [1.29, 1.82) is 0 Å². The second-order valence-electron chi connectivity index (χ2n) is 2.83. The smallest absolute Gasteiger partial charge is 0.153 e. The first-order chi connectivity index (χ1) is 3.71. The molecule has 0 bridgehead atoms. The van der Waals surface area contributed by atoms with Gasteiger partial charge in [-0.05, 0) is 27.7 Å². The summed E-state index contributed by atoms with van der Waals surface area (Å²) < 4.78 is 25.2. The van der Waals surface area contributed by atoms with Crippen LogP contribution >= 0.6 is 11.8 Å². The van der Waals surface area contributed by atoms with Crippen LogP contribution in [0.3, 0.4) is 0 Å². The van der Waals surface area contributed by atoms with Crippen LogP contribution in [0.15, 0.2) is 0 Å². The molecule has 56 valence electrons. The Bertz CT molecular complexity index is 76.2. The summed E-state index contributed by atoms with van der Waals surface area (Å²) in [6.45, 7) is 5.38. The van der Waals surface area contributed by atoms with Gasteiger partial charge in [-0.1, -0.05) is 11.8 Å². The van der Waals surface area contributed by atoms with E-state index < -0.39 is 10.0 Å². The molecule has 0 aromatic carbocycles. The third-order valence-corrected chi connectivity index (χ3v) is 1.46. The summed E-state index contributed by atoms with van der Waals surface area (Å²) in [7, 11) is 0. The lowest BCUT2D eigenvalue weighted by molar-refractivity contribution is 0.305. The molecule has 0 amide bonds. The highest BCUT2D eigenvalue weighted by atomic mass is 32.2.